The molecule has 0 aliphatic carbocycles. The molecule has 0 unspecified atom stereocenters. The van der Waals surface area contributed by atoms with Crippen molar-refractivity contribution in [2.75, 3.05) is 18.4 Å². The third kappa shape index (κ3) is 4.72. The number of fused-ring (bicyclic) bond motifs is 1. The Bertz CT molecular complexity index is 1220. The van der Waals surface area contributed by atoms with E-state index >= 15 is 0 Å². The molecule has 4 rings (SSSR count). The van der Waals surface area contributed by atoms with Crippen LogP contribution >= 0.6 is 11.3 Å². The molecule has 8 heteroatoms. The summed E-state index contributed by atoms with van der Waals surface area (Å²) < 4.78 is 28.7. The van der Waals surface area contributed by atoms with E-state index in [0.717, 1.165) is 16.6 Å². The lowest BCUT2D eigenvalue weighted by atomic mass is 9.94. The number of rotatable bonds is 5. The SMILES string of the molecule is CC(C)c1ccc2nc(NC(=O)c3ccc(S(=O)(=O)N4C[C@@H](C)C[C@H](C)C4)cc3)sc2c1. The highest BCUT2D eigenvalue weighted by Gasteiger charge is 2.31. The van der Waals surface area contributed by atoms with Crippen LogP contribution in [0.3, 0.4) is 0 Å². The second-order valence-corrected chi connectivity index (χ2v) is 12.1. The summed E-state index contributed by atoms with van der Waals surface area (Å²) in [6, 6.07) is 12.3. The van der Waals surface area contributed by atoms with Crippen molar-refractivity contribution in [2.45, 2.75) is 44.9 Å². The number of hydrogen-bond acceptors (Lipinski definition) is 5. The largest absolute Gasteiger partial charge is 0.298 e. The lowest BCUT2D eigenvalue weighted by Crippen LogP contribution is -2.42. The van der Waals surface area contributed by atoms with Crippen LogP contribution in [0.15, 0.2) is 47.4 Å². The maximum absolute atomic E-state index is 13.0. The molecule has 6 nitrogen and oxygen atoms in total. The van der Waals surface area contributed by atoms with Crippen LogP contribution in [-0.2, 0) is 10.0 Å². The van der Waals surface area contributed by atoms with Crippen LogP contribution in [-0.4, -0.2) is 36.7 Å². The fourth-order valence-corrected chi connectivity index (χ4v) is 6.84. The number of piperidine rings is 1. The molecule has 0 bridgehead atoms. The van der Waals surface area contributed by atoms with Gasteiger partial charge in [0, 0.05) is 18.7 Å². The molecule has 1 amide bonds. The second kappa shape index (κ2) is 8.92. The van der Waals surface area contributed by atoms with Crippen LogP contribution in [0.2, 0.25) is 0 Å². The van der Waals surface area contributed by atoms with Crippen molar-refractivity contribution in [2.24, 2.45) is 11.8 Å². The van der Waals surface area contributed by atoms with E-state index < -0.39 is 10.0 Å². The Morgan fingerprint density at radius 2 is 1.75 bits per heavy atom. The molecule has 1 aliphatic rings. The first-order valence-corrected chi connectivity index (χ1v) is 13.2. The van der Waals surface area contributed by atoms with E-state index in [1.807, 2.05) is 6.07 Å². The van der Waals surface area contributed by atoms with Crippen LogP contribution in [0.1, 0.15) is 56.0 Å². The number of anilines is 1. The van der Waals surface area contributed by atoms with Gasteiger partial charge in [-0.3, -0.25) is 10.1 Å². The summed E-state index contributed by atoms with van der Waals surface area (Å²) in [6.45, 7) is 9.51. The van der Waals surface area contributed by atoms with E-state index in [0.29, 0.717) is 41.5 Å². The molecule has 1 N–H and O–H groups in total. The van der Waals surface area contributed by atoms with E-state index in [9.17, 15) is 13.2 Å². The predicted octanol–water partition coefficient (Wildman–Crippen LogP) is 5.34. The summed E-state index contributed by atoms with van der Waals surface area (Å²) in [5.74, 6) is 0.788. The number of nitrogens with zero attached hydrogens (tertiary/aromatic N) is 2. The number of benzene rings is 2. The van der Waals surface area contributed by atoms with E-state index in [1.165, 1.54) is 29.0 Å². The lowest BCUT2D eigenvalue weighted by molar-refractivity contribution is 0.102. The van der Waals surface area contributed by atoms with Gasteiger partial charge >= 0.3 is 0 Å². The van der Waals surface area contributed by atoms with Gasteiger partial charge in [0.2, 0.25) is 10.0 Å². The van der Waals surface area contributed by atoms with E-state index in [1.54, 1.807) is 16.4 Å². The fraction of sp³-hybridized carbons (Fsp3) is 0.417. The molecule has 2 atom stereocenters. The van der Waals surface area contributed by atoms with Crippen LogP contribution in [0.5, 0.6) is 0 Å². The van der Waals surface area contributed by atoms with Gasteiger partial charge in [-0.2, -0.15) is 4.31 Å². The van der Waals surface area contributed by atoms with Crippen molar-refractivity contribution in [1.29, 1.82) is 0 Å². The Balaban J connectivity index is 1.49. The molecule has 1 saturated heterocycles. The summed E-state index contributed by atoms with van der Waals surface area (Å²) in [7, 11) is -3.57. The number of amides is 1. The molecule has 1 aromatic heterocycles. The molecule has 0 radical (unpaired) electrons. The zero-order valence-corrected chi connectivity index (χ0v) is 20.5. The first kappa shape index (κ1) is 22.9. The predicted molar refractivity (Wildman–Crippen MR) is 130 cm³/mol. The van der Waals surface area contributed by atoms with Crippen LogP contribution < -0.4 is 5.32 Å². The van der Waals surface area contributed by atoms with Gasteiger partial charge in [0.1, 0.15) is 0 Å². The van der Waals surface area contributed by atoms with Gasteiger partial charge in [-0.05, 0) is 66.1 Å². The summed E-state index contributed by atoms with van der Waals surface area (Å²) >= 11 is 1.43. The monoisotopic (exact) mass is 471 g/mol. The minimum Gasteiger partial charge on any atom is -0.298 e. The highest BCUT2D eigenvalue weighted by atomic mass is 32.2. The number of carbonyl (C=O) groups excluding carboxylic acids is 1. The van der Waals surface area contributed by atoms with Gasteiger partial charge in [0.15, 0.2) is 5.13 Å². The maximum atomic E-state index is 13.0. The molecule has 2 aromatic carbocycles. The van der Waals surface area contributed by atoms with E-state index in [4.69, 9.17) is 0 Å². The molecule has 3 aromatic rings. The molecule has 0 saturated carbocycles. The van der Waals surface area contributed by atoms with Crippen molar-refractivity contribution >= 4 is 42.6 Å². The average molecular weight is 472 g/mol. The molecule has 1 aliphatic heterocycles. The Morgan fingerprint density at radius 3 is 2.38 bits per heavy atom. The zero-order chi connectivity index (χ0) is 23.0. The zero-order valence-electron chi connectivity index (χ0n) is 18.8. The third-order valence-electron chi connectivity index (χ3n) is 5.89. The minimum absolute atomic E-state index is 0.219. The van der Waals surface area contributed by atoms with Crippen molar-refractivity contribution < 1.29 is 13.2 Å². The molecular formula is C24H29N3O3S2. The normalized spacial score (nSPS) is 20.0. The topological polar surface area (TPSA) is 79.4 Å². The van der Waals surface area contributed by atoms with Gasteiger partial charge in [0.05, 0.1) is 15.1 Å². The standard InChI is InChI=1S/C24H29N3O3S2/c1-15(2)19-7-10-21-22(12-19)31-24(25-21)26-23(28)18-5-8-20(9-6-18)32(29,30)27-13-16(3)11-17(4)14-27/h5-10,12,15-17H,11,13-14H2,1-4H3,(H,25,26,28)/t16-,17-/m0/s1. The number of carbonyl (C=O) groups is 1. The van der Waals surface area contributed by atoms with Crippen LogP contribution in [0, 0.1) is 11.8 Å². The number of thiazole rings is 1. The molecule has 1 fully saturated rings. The van der Waals surface area contributed by atoms with Crippen molar-refractivity contribution in [3.63, 3.8) is 0 Å². The van der Waals surface area contributed by atoms with Gasteiger partial charge in [0.25, 0.3) is 5.91 Å². The van der Waals surface area contributed by atoms with E-state index in [-0.39, 0.29) is 10.8 Å². The van der Waals surface area contributed by atoms with Gasteiger partial charge in [-0.25, -0.2) is 13.4 Å². The van der Waals surface area contributed by atoms with Crippen molar-refractivity contribution in [1.82, 2.24) is 9.29 Å². The number of hydrogen-bond donors (Lipinski definition) is 1. The highest BCUT2D eigenvalue weighted by molar-refractivity contribution is 7.89. The highest BCUT2D eigenvalue weighted by Crippen LogP contribution is 2.30. The molecule has 32 heavy (non-hydrogen) atoms. The Kier molecular flexibility index (Phi) is 6.38. The first-order chi connectivity index (χ1) is 15.1. The van der Waals surface area contributed by atoms with Crippen LogP contribution in [0.25, 0.3) is 10.2 Å². The summed E-state index contributed by atoms with van der Waals surface area (Å²) in [5.41, 5.74) is 2.47. The van der Waals surface area contributed by atoms with E-state index in [2.05, 4.69) is 50.1 Å². The lowest BCUT2D eigenvalue weighted by Gasteiger charge is -2.34. The Morgan fingerprint density at radius 1 is 1.09 bits per heavy atom. The Hall–Kier alpha value is -2.29. The van der Waals surface area contributed by atoms with Gasteiger partial charge < -0.3 is 0 Å². The summed E-state index contributed by atoms with van der Waals surface area (Å²) in [4.78, 5) is 17.4. The average Bonchev–Trinajstić information content (AvgIpc) is 3.14. The molecule has 2 heterocycles. The summed E-state index contributed by atoms with van der Waals surface area (Å²) in [6.07, 6.45) is 1.04. The first-order valence-electron chi connectivity index (χ1n) is 11.0. The Labute approximate surface area is 193 Å². The fourth-order valence-electron chi connectivity index (χ4n) is 4.25. The van der Waals surface area contributed by atoms with Crippen LogP contribution in [0.4, 0.5) is 5.13 Å². The number of sulfonamides is 1. The second-order valence-electron chi connectivity index (χ2n) is 9.15. The van der Waals surface area contributed by atoms with Crippen molar-refractivity contribution in [3.8, 4) is 0 Å². The van der Waals surface area contributed by atoms with Gasteiger partial charge in [-0.1, -0.05) is 45.1 Å². The molecule has 170 valence electrons. The smallest absolute Gasteiger partial charge is 0.257 e. The third-order valence-corrected chi connectivity index (χ3v) is 8.67. The number of nitrogens with one attached hydrogen (secondary N) is 1. The summed E-state index contributed by atoms with van der Waals surface area (Å²) in [5, 5.41) is 3.36. The van der Waals surface area contributed by atoms with Crippen molar-refractivity contribution in [3.05, 3.63) is 53.6 Å². The number of aromatic nitrogens is 1. The quantitative estimate of drug-likeness (QED) is 0.545. The molecular weight excluding hydrogens is 442 g/mol. The maximum Gasteiger partial charge on any atom is 0.257 e. The van der Waals surface area contributed by atoms with Gasteiger partial charge in [-0.15, -0.1) is 0 Å². The molecule has 0 spiro atoms. The minimum atomic E-state index is -3.57.